The minimum Gasteiger partial charge on any atom is -0.496 e. The Morgan fingerprint density at radius 3 is 2.31 bits per heavy atom. The predicted molar refractivity (Wildman–Crippen MR) is 128 cm³/mol. The summed E-state index contributed by atoms with van der Waals surface area (Å²) in [6.07, 6.45) is 1.83. The van der Waals surface area contributed by atoms with Gasteiger partial charge in [0.15, 0.2) is 5.65 Å². The van der Waals surface area contributed by atoms with Crippen LogP contribution in [0.2, 0.25) is 0 Å². The Hall–Kier alpha value is -4.38. The van der Waals surface area contributed by atoms with Gasteiger partial charge in [0.05, 0.1) is 18.3 Å². The molecule has 0 radical (unpaired) electrons. The molecule has 0 spiro atoms. The summed E-state index contributed by atoms with van der Waals surface area (Å²) in [6.45, 7) is 0. The van der Waals surface area contributed by atoms with Gasteiger partial charge in [0.1, 0.15) is 11.4 Å². The van der Waals surface area contributed by atoms with Crippen LogP contribution in [-0.4, -0.2) is 21.1 Å². The van der Waals surface area contributed by atoms with Gasteiger partial charge in [-0.25, -0.2) is 14.2 Å². The average Bonchev–Trinajstić information content (AvgIpc) is 3.16. The first kappa shape index (κ1) is 18.4. The lowest BCUT2D eigenvalue weighted by Crippen LogP contribution is -2.19. The van der Waals surface area contributed by atoms with Crippen LogP contribution in [0.25, 0.3) is 44.3 Å². The Bertz CT molecular complexity index is 1680. The molecule has 6 aromatic rings. The van der Waals surface area contributed by atoms with Gasteiger partial charge in [-0.15, -0.1) is 0 Å². The standard InChI is InChI=1S/C27H19N3O2/c1-32-24-16-15-22(20-12-6-7-13-21(20)24)25-26-28-17-18-9-5-8-14-23(18)30(26)27(31)29(25)19-10-3-2-4-11-19/h2-17H,1H3. The Morgan fingerprint density at radius 2 is 1.50 bits per heavy atom. The molecule has 5 heteroatoms. The van der Waals surface area contributed by atoms with Gasteiger partial charge in [-0.2, -0.15) is 0 Å². The summed E-state index contributed by atoms with van der Waals surface area (Å²) in [7, 11) is 1.67. The fraction of sp³-hybridized carbons (Fsp3) is 0.0370. The van der Waals surface area contributed by atoms with Crippen LogP contribution in [0.5, 0.6) is 5.75 Å². The zero-order chi connectivity index (χ0) is 21.7. The molecule has 0 saturated carbocycles. The van der Waals surface area contributed by atoms with Crippen molar-refractivity contribution in [2.24, 2.45) is 0 Å². The highest BCUT2D eigenvalue weighted by Crippen LogP contribution is 2.37. The number of imidazole rings is 1. The van der Waals surface area contributed by atoms with Crippen molar-refractivity contribution in [3.63, 3.8) is 0 Å². The van der Waals surface area contributed by atoms with E-state index in [0.717, 1.165) is 44.4 Å². The van der Waals surface area contributed by atoms with E-state index in [4.69, 9.17) is 9.72 Å². The van der Waals surface area contributed by atoms with Crippen LogP contribution in [0.3, 0.4) is 0 Å². The maximum absolute atomic E-state index is 13.9. The third kappa shape index (κ3) is 2.58. The number of rotatable bonds is 3. The van der Waals surface area contributed by atoms with Gasteiger partial charge in [0.2, 0.25) is 0 Å². The molecule has 0 bridgehead atoms. The van der Waals surface area contributed by atoms with Crippen molar-refractivity contribution in [1.82, 2.24) is 14.0 Å². The van der Waals surface area contributed by atoms with Crippen LogP contribution in [0.1, 0.15) is 0 Å². The number of ether oxygens (including phenoxy) is 1. The lowest BCUT2D eigenvalue weighted by atomic mass is 10.0. The van der Waals surface area contributed by atoms with Crippen LogP contribution >= 0.6 is 0 Å². The van der Waals surface area contributed by atoms with Crippen molar-refractivity contribution < 1.29 is 4.74 Å². The van der Waals surface area contributed by atoms with Crippen LogP contribution in [0.4, 0.5) is 0 Å². The molecule has 0 fully saturated rings. The highest BCUT2D eigenvalue weighted by molar-refractivity contribution is 6.02. The summed E-state index contributed by atoms with van der Waals surface area (Å²) in [5.41, 5.74) is 3.77. The highest BCUT2D eigenvalue weighted by atomic mass is 16.5. The molecule has 5 nitrogen and oxygen atoms in total. The topological polar surface area (TPSA) is 48.5 Å². The van der Waals surface area contributed by atoms with Gasteiger partial charge in [-0.1, -0.05) is 60.7 Å². The lowest BCUT2D eigenvalue weighted by molar-refractivity contribution is 0.420. The van der Waals surface area contributed by atoms with E-state index in [2.05, 4.69) is 6.07 Å². The van der Waals surface area contributed by atoms with E-state index >= 15 is 0 Å². The van der Waals surface area contributed by atoms with E-state index < -0.39 is 0 Å². The highest BCUT2D eigenvalue weighted by Gasteiger charge is 2.22. The summed E-state index contributed by atoms with van der Waals surface area (Å²) in [6, 6.07) is 29.5. The Labute approximate surface area is 183 Å². The molecule has 0 N–H and O–H groups in total. The third-order valence-corrected chi connectivity index (χ3v) is 5.91. The van der Waals surface area contributed by atoms with E-state index in [0.29, 0.717) is 5.65 Å². The quantitative estimate of drug-likeness (QED) is 0.384. The van der Waals surface area contributed by atoms with E-state index in [1.54, 1.807) is 16.1 Å². The smallest absolute Gasteiger partial charge is 0.339 e. The van der Waals surface area contributed by atoms with Gasteiger partial charge in [-0.3, -0.25) is 4.57 Å². The SMILES string of the molecule is COc1ccc(-c2c3ncc4ccccc4n3c(=O)n2-c2ccccc2)c2ccccc12. The molecule has 0 aliphatic rings. The second-order valence-electron chi connectivity index (χ2n) is 7.64. The lowest BCUT2D eigenvalue weighted by Gasteiger charge is -2.12. The minimum atomic E-state index is -0.148. The molecule has 0 aliphatic heterocycles. The summed E-state index contributed by atoms with van der Waals surface area (Å²) >= 11 is 0. The van der Waals surface area contributed by atoms with Crippen molar-refractivity contribution >= 4 is 27.3 Å². The molecule has 6 rings (SSSR count). The molecule has 0 amide bonds. The molecular formula is C27H19N3O2. The summed E-state index contributed by atoms with van der Waals surface area (Å²) < 4.78 is 9.05. The molecule has 32 heavy (non-hydrogen) atoms. The number of fused-ring (bicyclic) bond motifs is 4. The zero-order valence-electron chi connectivity index (χ0n) is 17.4. The summed E-state index contributed by atoms with van der Waals surface area (Å²) in [5.74, 6) is 0.792. The van der Waals surface area contributed by atoms with E-state index in [1.165, 1.54) is 0 Å². The largest absolute Gasteiger partial charge is 0.496 e. The first-order valence-electron chi connectivity index (χ1n) is 10.4. The fourth-order valence-corrected chi connectivity index (χ4v) is 4.47. The molecule has 4 aromatic carbocycles. The first-order chi connectivity index (χ1) is 15.8. The molecule has 2 heterocycles. The second kappa shape index (κ2) is 7.10. The average molecular weight is 417 g/mol. The molecule has 154 valence electrons. The third-order valence-electron chi connectivity index (χ3n) is 5.91. The maximum atomic E-state index is 13.9. The van der Waals surface area contributed by atoms with E-state index in [1.807, 2.05) is 91.1 Å². The normalized spacial score (nSPS) is 11.4. The predicted octanol–water partition coefficient (Wildman–Crippen LogP) is 5.47. The molecule has 0 saturated heterocycles. The fourth-order valence-electron chi connectivity index (χ4n) is 4.47. The maximum Gasteiger partial charge on any atom is 0.339 e. The second-order valence-corrected chi connectivity index (χ2v) is 7.64. The first-order valence-corrected chi connectivity index (χ1v) is 10.4. The molecule has 0 unspecified atom stereocenters. The van der Waals surface area contributed by atoms with Crippen molar-refractivity contribution in [2.75, 3.05) is 7.11 Å². The van der Waals surface area contributed by atoms with Crippen molar-refractivity contribution in [3.05, 3.63) is 108 Å². The number of hydrogen-bond donors (Lipinski definition) is 0. The Balaban J connectivity index is 1.83. The molecule has 0 atom stereocenters. The van der Waals surface area contributed by atoms with E-state index in [9.17, 15) is 4.79 Å². The Morgan fingerprint density at radius 1 is 0.781 bits per heavy atom. The van der Waals surface area contributed by atoms with Gasteiger partial charge >= 0.3 is 5.69 Å². The molecule has 2 aromatic heterocycles. The number of nitrogens with zero attached hydrogens (tertiary/aromatic N) is 3. The van der Waals surface area contributed by atoms with Crippen LogP contribution in [0.15, 0.2) is 102 Å². The zero-order valence-corrected chi connectivity index (χ0v) is 17.4. The van der Waals surface area contributed by atoms with Crippen LogP contribution < -0.4 is 10.4 Å². The molecule has 0 aliphatic carbocycles. The summed E-state index contributed by atoms with van der Waals surface area (Å²) in [5, 5.41) is 2.90. The van der Waals surface area contributed by atoms with Gasteiger partial charge < -0.3 is 4.74 Å². The monoisotopic (exact) mass is 417 g/mol. The van der Waals surface area contributed by atoms with Gasteiger partial charge in [-0.05, 0) is 35.7 Å². The van der Waals surface area contributed by atoms with Crippen LogP contribution in [0, 0.1) is 0 Å². The number of para-hydroxylation sites is 2. The van der Waals surface area contributed by atoms with Gasteiger partial charge in [0, 0.05) is 22.5 Å². The number of benzene rings is 4. The van der Waals surface area contributed by atoms with Gasteiger partial charge in [0.25, 0.3) is 0 Å². The number of hydrogen-bond acceptors (Lipinski definition) is 3. The Kier molecular flexibility index (Phi) is 4.08. The van der Waals surface area contributed by atoms with Crippen molar-refractivity contribution in [1.29, 1.82) is 0 Å². The summed E-state index contributed by atoms with van der Waals surface area (Å²) in [4.78, 5) is 18.6. The van der Waals surface area contributed by atoms with Crippen molar-refractivity contribution in [3.8, 4) is 22.7 Å². The van der Waals surface area contributed by atoms with Crippen molar-refractivity contribution in [2.45, 2.75) is 0 Å². The number of aromatic nitrogens is 3. The van der Waals surface area contributed by atoms with Crippen LogP contribution in [-0.2, 0) is 0 Å². The molecular weight excluding hydrogens is 398 g/mol. The number of methoxy groups -OCH3 is 1. The van der Waals surface area contributed by atoms with E-state index in [-0.39, 0.29) is 5.69 Å². The minimum absolute atomic E-state index is 0.148.